The zero-order valence-corrected chi connectivity index (χ0v) is 15.8. The summed E-state index contributed by atoms with van der Waals surface area (Å²) in [6.07, 6.45) is 1.73. The summed E-state index contributed by atoms with van der Waals surface area (Å²) in [6, 6.07) is 7.16. The van der Waals surface area contributed by atoms with E-state index in [1.165, 1.54) is 17.8 Å². The highest BCUT2D eigenvalue weighted by Gasteiger charge is 2.30. The number of fused-ring (bicyclic) bond motifs is 1. The number of carbonyl (C=O) groups is 1. The van der Waals surface area contributed by atoms with E-state index in [1.807, 2.05) is 6.07 Å². The number of esters is 1. The van der Waals surface area contributed by atoms with Crippen LogP contribution in [-0.2, 0) is 16.9 Å². The van der Waals surface area contributed by atoms with Gasteiger partial charge in [-0.2, -0.15) is 0 Å². The first-order chi connectivity index (χ1) is 13.5. The van der Waals surface area contributed by atoms with E-state index in [-0.39, 0.29) is 0 Å². The normalized spacial score (nSPS) is 15.5. The second-order valence-corrected chi connectivity index (χ2v) is 7.43. The average Bonchev–Trinajstić information content (AvgIpc) is 3.26. The summed E-state index contributed by atoms with van der Waals surface area (Å²) < 4.78 is 38.1. The summed E-state index contributed by atoms with van der Waals surface area (Å²) in [5.41, 5.74) is 1.84. The van der Waals surface area contributed by atoms with Crippen molar-refractivity contribution in [1.29, 1.82) is 0 Å². The minimum absolute atomic E-state index is 0.304. The molecule has 1 aliphatic rings. The van der Waals surface area contributed by atoms with E-state index in [9.17, 15) is 13.6 Å². The Kier molecular flexibility index (Phi) is 5.13. The lowest BCUT2D eigenvalue weighted by atomic mass is 10.1. The van der Waals surface area contributed by atoms with Crippen LogP contribution in [0.2, 0.25) is 0 Å². The van der Waals surface area contributed by atoms with E-state index in [2.05, 4.69) is 10.1 Å². The van der Waals surface area contributed by atoms with Crippen LogP contribution in [0.4, 0.5) is 8.78 Å². The molecule has 2 aromatic heterocycles. The maximum atomic E-state index is 13.9. The molecule has 0 amide bonds. The van der Waals surface area contributed by atoms with Gasteiger partial charge in [0.05, 0.1) is 11.3 Å². The summed E-state index contributed by atoms with van der Waals surface area (Å²) in [5, 5.41) is 4.42. The highest BCUT2D eigenvalue weighted by atomic mass is 32.2. The van der Waals surface area contributed by atoms with Gasteiger partial charge in [0.1, 0.15) is 28.5 Å². The first-order valence-electron chi connectivity index (χ1n) is 8.70. The number of ether oxygens (including phenoxy) is 1. The van der Waals surface area contributed by atoms with Crippen LogP contribution in [0, 0.1) is 18.6 Å². The Morgan fingerprint density at radius 1 is 1.36 bits per heavy atom. The van der Waals surface area contributed by atoms with Crippen molar-refractivity contribution in [2.24, 2.45) is 0 Å². The molecule has 0 spiro atoms. The molecular weight excluding hydrogens is 386 g/mol. The average molecular weight is 402 g/mol. The number of carbonyl (C=O) groups excluding carboxylic acids is 1. The van der Waals surface area contributed by atoms with Crippen molar-refractivity contribution < 1.29 is 22.8 Å². The number of thioether (sulfide) groups is 1. The van der Waals surface area contributed by atoms with E-state index < -0.39 is 23.7 Å². The Hall–Kier alpha value is -2.74. The fourth-order valence-corrected chi connectivity index (χ4v) is 4.07. The lowest BCUT2D eigenvalue weighted by Crippen LogP contribution is -2.11. The van der Waals surface area contributed by atoms with Crippen molar-refractivity contribution in [3.8, 4) is 0 Å². The monoisotopic (exact) mass is 402 g/mol. The van der Waals surface area contributed by atoms with E-state index in [4.69, 9.17) is 9.26 Å². The third-order valence-electron chi connectivity index (χ3n) is 4.47. The summed E-state index contributed by atoms with van der Waals surface area (Å²) >= 11 is 1.34. The van der Waals surface area contributed by atoms with Crippen molar-refractivity contribution in [3.63, 3.8) is 0 Å². The van der Waals surface area contributed by atoms with Gasteiger partial charge in [0.25, 0.3) is 0 Å². The minimum Gasteiger partial charge on any atom is -0.454 e. The molecule has 0 N–H and O–H groups in total. The number of hydrogen-bond acceptors (Lipinski definition) is 6. The van der Waals surface area contributed by atoms with Gasteiger partial charge < -0.3 is 9.26 Å². The zero-order valence-electron chi connectivity index (χ0n) is 14.9. The van der Waals surface area contributed by atoms with Crippen molar-refractivity contribution in [3.05, 3.63) is 76.3 Å². The van der Waals surface area contributed by atoms with Crippen LogP contribution in [0.15, 0.2) is 46.1 Å². The molecule has 0 bridgehead atoms. The largest absolute Gasteiger partial charge is 0.454 e. The molecule has 8 heteroatoms. The Balaban J connectivity index is 1.51. The van der Waals surface area contributed by atoms with Gasteiger partial charge in [0.2, 0.25) is 0 Å². The van der Waals surface area contributed by atoms with Crippen LogP contribution in [-0.4, -0.2) is 16.1 Å². The van der Waals surface area contributed by atoms with Crippen LogP contribution in [0.1, 0.15) is 45.5 Å². The number of halogens is 2. The smallest absolute Gasteiger partial charge is 0.341 e. The fraction of sp³-hybridized carbons (Fsp3) is 0.250. The Bertz CT molecular complexity index is 1040. The predicted molar refractivity (Wildman–Crippen MR) is 97.9 cm³/mol. The topological polar surface area (TPSA) is 65.2 Å². The second-order valence-electron chi connectivity index (χ2n) is 6.46. The van der Waals surface area contributed by atoms with Gasteiger partial charge in [0.15, 0.2) is 0 Å². The van der Waals surface area contributed by atoms with Crippen LogP contribution in [0.5, 0.6) is 0 Å². The lowest BCUT2D eigenvalue weighted by Gasteiger charge is -2.15. The van der Waals surface area contributed by atoms with Gasteiger partial charge in [-0.3, -0.25) is 0 Å². The second kappa shape index (κ2) is 7.71. The van der Waals surface area contributed by atoms with Gasteiger partial charge in [-0.15, -0.1) is 0 Å². The van der Waals surface area contributed by atoms with Gasteiger partial charge in [0, 0.05) is 29.6 Å². The fourth-order valence-electron chi connectivity index (χ4n) is 3.21. The molecule has 0 fully saturated rings. The number of pyridine rings is 1. The number of aromatic nitrogens is 2. The number of rotatable bonds is 5. The van der Waals surface area contributed by atoms with Gasteiger partial charge in [-0.25, -0.2) is 18.6 Å². The molecule has 0 aliphatic heterocycles. The maximum Gasteiger partial charge on any atom is 0.341 e. The predicted octanol–water partition coefficient (Wildman–Crippen LogP) is 4.79. The number of nitrogens with zero attached hydrogens (tertiary/aromatic N) is 2. The van der Waals surface area contributed by atoms with E-state index in [0.29, 0.717) is 46.1 Å². The molecule has 144 valence electrons. The number of aryl methyl sites for hydroxylation is 1. The standard InChI is InChI=1S/C20H16F2N2O3S/c1-11-7-13(24-27-11)10-28-19-15(3-2-6-23-19)20(25)26-18-5-4-14-16(18)8-12(21)9-17(14)22/h2-3,6-9,18H,4-5,10H2,1H3. The van der Waals surface area contributed by atoms with Gasteiger partial charge in [-0.1, -0.05) is 16.9 Å². The molecule has 1 atom stereocenters. The summed E-state index contributed by atoms with van der Waals surface area (Å²) in [7, 11) is 0. The van der Waals surface area contributed by atoms with Gasteiger partial charge >= 0.3 is 5.97 Å². The molecule has 5 nitrogen and oxygen atoms in total. The molecular formula is C20H16F2N2O3S. The number of hydrogen-bond donors (Lipinski definition) is 0. The Morgan fingerprint density at radius 3 is 3.00 bits per heavy atom. The van der Waals surface area contributed by atoms with Crippen LogP contribution in [0.3, 0.4) is 0 Å². The maximum absolute atomic E-state index is 13.9. The summed E-state index contributed by atoms with van der Waals surface area (Å²) in [4.78, 5) is 17.0. The van der Waals surface area contributed by atoms with Crippen LogP contribution in [0.25, 0.3) is 0 Å². The molecule has 3 aromatic rings. The molecule has 1 aromatic carbocycles. The van der Waals surface area contributed by atoms with Crippen molar-refractivity contribution >= 4 is 17.7 Å². The first kappa shape index (κ1) is 18.6. The van der Waals surface area contributed by atoms with Gasteiger partial charge in [-0.05, 0) is 43.5 Å². The molecule has 0 saturated carbocycles. The summed E-state index contributed by atoms with van der Waals surface area (Å²) in [5.74, 6) is -0.670. The molecule has 1 aliphatic carbocycles. The quantitative estimate of drug-likeness (QED) is 0.452. The Labute approximate surface area is 164 Å². The zero-order chi connectivity index (χ0) is 19.7. The van der Waals surface area contributed by atoms with Crippen molar-refractivity contribution in [2.45, 2.75) is 36.6 Å². The van der Waals surface area contributed by atoms with Crippen molar-refractivity contribution in [1.82, 2.24) is 10.1 Å². The minimum atomic E-state index is -0.681. The molecule has 0 radical (unpaired) electrons. The number of benzene rings is 1. The van der Waals surface area contributed by atoms with E-state index >= 15 is 0 Å². The molecule has 2 heterocycles. The Morgan fingerprint density at radius 2 is 2.21 bits per heavy atom. The first-order valence-corrected chi connectivity index (χ1v) is 9.68. The van der Waals surface area contributed by atoms with E-state index in [1.54, 1.807) is 25.3 Å². The third-order valence-corrected chi connectivity index (χ3v) is 5.51. The summed E-state index contributed by atoms with van der Waals surface area (Å²) in [6.45, 7) is 1.80. The molecule has 1 unspecified atom stereocenters. The highest BCUT2D eigenvalue weighted by Crippen LogP contribution is 2.37. The molecule has 28 heavy (non-hydrogen) atoms. The third kappa shape index (κ3) is 3.77. The van der Waals surface area contributed by atoms with Crippen molar-refractivity contribution in [2.75, 3.05) is 0 Å². The van der Waals surface area contributed by atoms with Crippen LogP contribution < -0.4 is 0 Å². The SMILES string of the molecule is Cc1cc(CSc2ncccc2C(=O)OC2CCc3c(F)cc(F)cc32)no1. The highest BCUT2D eigenvalue weighted by molar-refractivity contribution is 7.98. The molecule has 4 rings (SSSR count). The lowest BCUT2D eigenvalue weighted by molar-refractivity contribution is 0.0295. The molecule has 0 saturated heterocycles. The van der Waals surface area contributed by atoms with E-state index in [0.717, 1.165) is 11.8 Å². The van der Waals surface area contributed by atoms with Crippen LogP contribution >= 0.6 is 11.8 Å².